The molecule has 19 heavy (non-hydrogen) atoms. The zero-order chi connectivity index (χ0) is 14.3. The molecule has 4 heteroatoms. The Hall–Kier alpha value is -1.03. The van der Waals surface area contributed by atoms with E-state index in [1.165, 1.54) is 31.4 Å². The SMILES string of the molecule is CCCCN(CCCC)c1ccc(C(=N)N)cc1Br. The van der Waals surface area contributed by atoms with Crippen LogP contribution >= 0.6 is 15.9 Å². The van der Waals surface area contributed by atoms with Crippen molar-refractivity contribution in [3.8, 4) is 0 Å². The maximum atomic E-state index is 7.47. The molecule has 0 amide bonds. The third-order valence-corrected chi connectivity index (χ3v) is 3.80. The van der Waals surface area contributed by atoms with E-state index in [9.17, 15) is 0 Å². The normalized spacial score (nSPS) is 10.5. The van der Waals surface area contributed by atoms with Crippen molar-refractivity contribution in [2.45, 2.75) is 39.5 Å². The highest BCUT2D eigenvalue weighted by atomic mass is 79.9. The maximum Gasteiger partial charge on any atom is 0.122 e. The van der Waals surface area contributed by atoms with Crippen LogP contribution in [0.4, 0.5) is 5.69 Å². The molecule has 3 N–H and O–H groups in total. The summed E-state index contributed by atoms with van der Waals surface area (Å²) in [7, 11) is 0. The number of nitrogens with zero attached hydrogens (tertiary/aromatic N) is 1. The Bertz CT molecular complexity index is 410. The number of hydrogen-bond donors (Lipinski definition) is 2. The number of anilines is 1. The van der Waals surface area contributed by atoms with Crippen molar-refractivity contribution < 1.29 is 0 Å². The number of rotatable bonds is 8. The second-order valence-electron chi connectivity index (χ2n) is 4.77. The van der Waals surface area contributed by atoms with Crippen molar-refractivity contribution in [3.05, 3.63) is 28.2 Å². The molecule has 0 atom stereocenters. The van der Waals surface area contributed by atoms with Crippen LogP contribution in [0.1, 0.15) is 45.1 Å². The van der Waals surface area contributed by atoms with E-state index in [-0.39, 0.29) is 5.84 Å². The largest absolute Gasteiger partial charge is 0.384 e. The quantitative estimate of drug-likeness (QED) is 0.557. The highest BCUT2D eigenvalue weighted by molar-refractivity contribution is 9.10. The van der Waals surface area contributed by atoms with Crippen molar-refractivity contribution in [1.82, 2.24) is 0 Å². The molecule has 0 aliphatic heterocycles. The van der Waals surface area contributed by atoms with Crippen LogP contribution in [0, 0.1) is 5.41 Å². The van der Waals surface area contributed by atoms with Crippen LogP contribution in [-0.2, 0) is 0 Å². The summed E-state index contributed by atoms with van der Waals surface area (Å²) in [4.78, 5) is 2.42. The third kappa shape index (κ3) is 4.86. The van der Waals surface area contributed by atoms with Crippen LogP contribution in [-0.4, -0.2) is 18.9 Å². The van der Waals surface area contributed by atoms with Crippen molar-refractivity contribution in [1.29, 1.82) is 5.41 Å². The van der Waals surface area contributed by atoms with Crippen molar-refractivity contribution in [2.24, 2.45) is 5.73 Å². The molecule has 1 rings (SSSR count). The van der Waals surface area contributed by atoms with Gasteiger partial charge in [0.25, 0.3) is 0 Å². The molecule has 1 aromatic carbocycles. The predicted molar refractivity (Wildman–Crippen MR) is 87.2 cm³/mol. The molecule has 0 fully saturated rings. The Balaban J connectivity index is 2.90. The monoisotopic (exact) mass is 325 g/mol. The highest BCUT2D eigenvalue weighted by Gasteiger charge is 2.10. The molecule has 0 saturated carbocycles. The molecule has 0 spiro atoms. The van der Waals surface area contributed by atoms with E-state index in [1.54, 1.807) is 0 Å². The molecule has 0 unspecified atom stereocenters. The number of unbranched alkanes of at least 4 members (excludes halogenated alkanes) is 2. The Morgan fingerprint density at radius 1 is 1.21 bits per heavy atom. The maximum absolute atomic E-state index is 7.47. The van der Waals surface area contributed by atoms with E-state index >= 15 is 0 Å². The van der Waals surface area contributed by atoms with Gasteiger partial charge in [-0.2, -0.15) is 0 Å². The summed E-state index contributed by atoms with van der Waals surface area (Å²) in [6.07, 6.45) is 4.80. The van der Waals surface area contributed by atoms with Gasteiger partial charge in [0, 0.05) is 23.1 Å². The fourth-order valence-electron chi connectivity index (χ4n) is 1.98. The number of nitrogens with two attached hydrogens (primary N) is 1. The molecule has 3 nitrogen and oxygen atoms in total. The summed E-state index contributed by atoms with van der Waals surface area (Å²) in [5.41, 5.74) is 7.48. The fourth-order valence-corrected chi connectivity index (χ4v) is 2.61. The zero-order valence-electron chi connectivity index (χ0n) is 11.9. The zero-order valence-corrected chi connectivity index (χ0v) is 13.5. The molecule has 1 aromatic rings. The van der Waals surface area contributed by atoms with E-state index in [0.717, 1.165) is 23.1 Å². The van der Waals surface area contributed by atoms with Crippen molar-refractivity contribution in [2.75, 3.05) is 18.0 Å². The van der Waals surface area contributed by atoms with Crippen LogP contribution in [0.15, 0.2) is 22.7 Å². The second kappa shape index (κ2) is 8.20. The van der Waals surface area contributed by atoms with Gasteiger partial charge in [0.15, 0.2) is 0 Å². The first-order valence-corrected chi connectivity index (χ1v) is 7.78. The first-order valence-electron chi connectivity index (χ1n) is 6.99. The third-order valence-electron chi connectivity index (χ3n) is 3.16. The fraction of sp³-hybridized carbons (Fsp3) is 0.533. The number of benzene rings is 1. The average Bonchev–Trinajstić information content (AvgIpc) is 2.39. The summed E-state index contributed by atoms with van der Waals surface area (Å²) >= 11 is 3.61. The van der Waals surface area contributed by atoms with Gasteiger partial charge in [-0.05, 0) is 47.0 Å². The highest BCUT2D eigenvalue weighted by Crippen LogP contribution is 2.28. The van der Waals surface area contributed by atoms with Gasteiger partial charge in [0.05, 0.1) is 5.69 Å². The van der Waals surface area contributed by atoms with E-state index < -0.39 is 0 Å². The molecule has 0 radical (unpaired) electrons. The lowest BCUT2D eigenvalue weighted by molar-refractivity contribution is 0.677. The summed E-state index contributed by atoms with van der Waals surface area (Å²) < 4.78 is 1.02. The standard InChI is InChI=1S/C15H24BrN3/c1-3-5-9-19(10-6-4-2)14-8-7-12(15(17)18)11-13(14)16/h7-8,11H,3-6,9-10H2,1-2H3,(H3,17,18). The van der Waals surface area contributed by atoms with Crippen LogP contribution in [0.25, 0.3) is 0 Å². The number of halogens is 1. The molecule has 0 bridgehead atoms. The lowest BCUT2D eigenvalue weighted by Crippen LogP contribution is -2.26. The van der Waals surface area contributed by atoms with Crippen LogP contribution < -0.4 is 10.6 Å². The van der Waals surface area contributed by atoms with E-state index in [2.05, 4.69) is 40.7 Å². The van der Waals surface area contributed by atoms with E-state index in [1.807, 2.05) is 12.1 Å². The van der Waals surface area contributed by atoms with Crippen LogP contribution in [0.3, 0.4) is 0 Å². The molecule has 0 aliphatic rings. The molecular formula is C15H24BrN3. The molecule has 0 heterocycles. The lowest BCUT2D eigenvalue weighted by atomic mass is 10.1. The second-order valence-corrected chi connectivity index (χ2v) is 5.63. The van der Waals surface area contributed by atoms with Gasteiger partial charge in [0.1, 0.15) is 5.84 Å². The number of nitrogen functional groups attached to an aromatic ring is 1. The number of hydrogen-bond acceptors (Lipinski definition) is 2. The molecular weight excluding hydrogens is 302 g/mol. The summed E-state index contributed by atoms with van der Waals surface area (Å²) in [5, 5.41) is 7.47. The van der Waals surface area contributed by atoms with Gasteiger partial charge in [0.2, 0.25) is 0 Å². The molecule has 0 aliphatic carbocycles. The number of amidine groups is 1. The van der Waals surface area contributed by atoms with Crippen LogP contribution in [0.5, 0.6) is 0 Å². The smallest absolute Gasteiger partial charge is 0.122 e. The van der Waals surface area contributed by atoms with E-state index in [4.69, 9.17) is 11.1 Å². The van der Waals surface area contributed by atoms with Gasteiger partial charge in [-0.3, -0.25) is 5.41 Å². The lowest BCUT2D eigenvalue weighted by Gasteiger charge is -2.26. The van der Waals surface area contributed by atoms with Crippen molar-refractivity contribution in [3.63, 3.8) is 0 Å². The Kier molecular flexibility index (Phi) is 6.92. The molecule has 0 aromatic heterocycles. The summed E-state index contributed by atoms with van der Waals surface area (Å²) in [6, 6.07) is 5.92. The first kappa shape index (κ1) is 16.0. The van der Waals surface area contributed by atoms with Gasteiger partial charge in [-0.1, -0.05) is 26.7 Å². The summed E-state index contributed by atoms with van der Waals surface area (Å²) in [5.74, 6) is 0.112. The minimum absolute atomic E-state index is 0.112. The van der Waals surface area contributed by atoms with Crippen molar-refractivity contribution >= 4 is 27.5 Å². The van der Waals surface area contributed by atoms with E-state index in [0.29, 0.717) is 0 Å². The molecule has 0 saturated heterocycles. The Labute approximate surface area is 124 Å². The van der Waals surface area contributed by atoms with Gasteiger partial charge in [-0.15, -0.1) is 0 Å². The first-order chi connectivity index (χ1) is 9.10. The Morgan fingerprint density at radius 2 is 1.79 bits per heavy atom. The molecule has 106 valence electrons. The predicted octanol–water partition coefficient (Wildman–Crippen LogP) is 4.14. The van der Waals surface area contributed by atoms with Gasteiger partial charge >= 0.3 is 0 Å². The van der Waals surface area contributed by atoms with Gasteiger partial charge in [-0.25, -0.2) is 0 Å². The van der Waals surface area contributed by atoms with Crippen LogP contribution in [0.2, 0.25) is 0 Å². The topological polar surface area (TPSA) is 53.1 Å². The minimum atomic E-state index is 0.112. The number of nitrogens with one attached hydrogen (secondary N) is 1. The minimum Gasteiger partial charge on any atom is -0.384 e. The van der Waals surface area contributed by atoms with Gasteiger partial charge < -0.3 is 10.6 Å². The summed E-state index contributed by atoms with van der Waals surface area (Å²) in [6.45, 7) is 6.58. The average molecular weight is 326 g/mol. The Morgan fingerprint density at radius 3 is 2.21 bits per heavy atom.